The molecule has 0 saturated carbocycles. The van der Waals surface area contributed by atoms with E-state index >= 15 is 0 Å². The van der Waals surface area contributed by atoms with Crippen molar-refractivity contribution in [3.63, 3.8) is 0 Å². The molecule has 0 spiro atoms. The van der Waals surface area contributed by atoms with Crippen LogP contribution < -0.4 is 10.6 Å². The highest BCUT2D eigenvalue weighted by atomic mass is 19.1. The lowest BCUT2D eigenvalue weighted by Gasteiger charge is -2.13. The summed E-state index contributed by atoms with van der Waals surface area (Å²) < 4.78 is 29.1. The standard InChI is InChI=1S/C21H23F2N5/c1-24-21(27-14-17-13-18(22)7-8-19(17)23)26-10-9-20-25-11-12-28(20)15-16-5-3-2-4-6-16/h2-8,11-13H,9-10,14-15H2,1H3,(H2,24,26,27). The van der Waals surface area contributed by atoms with E-state index in [1.165, 1.54) is 11.6 Å². The summed E-state index contributed by atoms with van der Waals surface area (Å²) in [4.78, 5) is 8.54. The average Bonchev–Trinajstić information content (AvgIpc) is 3.14. The van der Waals surface area contributed by atoms with Crippen molar-refractivity contribution in [3.05, 3.63) is 89.5 Å². The molecule has 1 aromatic heterocycles. The second kappa shape index (κ2) is 9.64. The van der Waals surface area contributed by atoms with Crippen LogP contribution in [0.1, 0.15) is 17.0 Å². The molecule has 2 N–H and O–H groups in total. The Morgan fingerprint density at radius 2 is 1.93 bits per heavy atom. The van der Waals surface area contributed by atoms with Crippen LogP contribution in [0.3, 0.4) is 0 Å². The van der Waals surface area contributed by atoms with Gasteiger partial charge in [-0.05, 0) is 23.8 Å². The topological polar surface area (TPSA) is 54.2 Å². The fourth-order valence-corrected chi connectivity index (χ4v) is 2.86. The highest BCUT2D eigenvalue weighted by Gasteiger charge is 2.07. The van der Waals surface area contributed by atoms with Crippen LogP contribution in [0.15, 0.2) is 65.9 Å². The lowest BCUT2D eigenvalue weighted by molar-refractivity contribution is 0.581. The number of halogens is 2. The van der Waals surface area contributed by atoms with Gasteiger partial charge in [-0.15, -0.1) is 0 Å². The molecule has 0 fully saturated rings. The summed E-state index contributed by atoms with van der Waals surface area (Å²) in [5, 5.41) is 6.17. The Morgan fingerprint density at radius 3 is 2.71 bits per heavy atom. The van der Waals surface area contributed by atoms with E-state index in [0.717, 1.165) is 24.5 Å². The van der Waals surface area contributed by atoms with E-state index < -0.39 is 11.6 Å². The van der Waals surface area contributed by atoms with Gasteiger partial charge < -0.3 is 15.2 Å². The van der Waals surface area contributed by atoms with E-state index in [-0.39, 0.29) is 12.1 Å². The number of aromatic nitrogens is 2. The summed E-state index contributed by atoms with van der Waals surface area (Å²) in [6.07, 6.45) is 4.45. The Hall–Kier alpha value is -3.22. The Kier molecular flexibility index (Phi) is 6.73. The summed E-state index contributed by atoms with van der Waals surface area (Å²) in [6, 6.07) is 13.6. The zero-order valence-corrected chi connectivity index (χ0v) is 15.7. The molecule has 2 aromatic carbocycles. The number of nitrogens with zero attached hydrogens (tertiary/aromatic N) is 3. The van der Waals surface area contributed by atoms with Gasteiger partial charge in [-0.25, -0.2) is 13.8 Å². The summed E-state index contributed by atoms with van der Waals surface area (Å²) in [5.74, 6) is 0.562. The van der Waals surface area contributed by atoms with Crippen molar-refractivity contribution in [3.8, 4) is 0 Å². The van der Waals surface area contributed by atoms with Crippen LogP contribution >= 0.6 is 0 Å². The predicted molar refractivity (Wildman–Crippen MR) is 106 cm³/mol. The molecule has 7 heteroatoms. The van der Waals surface area contributed by atoms with Crippen LogP contribution in [-0.2, 0) is 19.5 Å². The maximum Gasteiger partial charge on any atom is 0.191 e. The van der Waals surface area contributed by atoms with E-state index in [1.807, 2.05) is 24.4 Å². The minimum absolute atomic E-state index is 0.145. The second-order valence-corrected chi connectivity index (χ2v) is 6.30. The lowest BCUT2D eigenvalue weighted by Crippen LogP contribution is -2.38. The molecule has 0 aliphatic heterocycles. The van der Waals surface area contributed by atoms with Gasteiger partial charge >= 0.3 is 0 Å². The van der Waals surface area contributed by atoms with Crippen LogP contribution in [0.2, 0.25) is 0 Å². The van der Waals surface area contributed by atoms with Gasteiger partial charge in [-0.1, -0.05) is 30.3 Å². The molecule has 1 heterocycles. The minimum atomic E-state index is -0.466. The number of hydrogen-bond donors (Lipinski definition) is 2. The number of aliphatic imine (C=N–C) groups is 1. The largest absolute Gasteiger partial charge is 0.356 e. The highest BCUT2D eigenvalue weighted by Crippen LogP contribution is 2.09. The quantitative estimate of drug-likeness (QED) is 0.487. The molecule has 0 bridgehead atoms. The first kappa shape index (κ1) is 19.5. The SMILES string of the molecule is CN=C(NCCc1nccn1Cc1ccccc1)NCc1cc(F)ccc1F. The molecule has 0 aliphatic rings. The Labute approximate surface area is 163 Å². The van der Waals surface area contributed by atoms with Gasteiger partial charge in [0.15, 0.2) is 5.96 Å². The molecule has 146 valence electrons. The number of guanidine groups is 1. The molecule has 3 aromatic rings. The van der Waals surface area contributed by atoms with Gasteiger partial charge in [0.1, 0.15) is 17.5 Å². The summed E-state index contributed by atoms with van der Waals surface area (Å²) in [7, 11) is 1.63. The lowest BCUT2D eigenvalue weighted by atomic mass is 10.2. The second-order valence-electron chi connectivity index (χ2n) is 6.30. The predicted octanol–water partition coefficient (Wildman–Crippen LogP) is 3.12. The Bertz CT molecular complexity index is 922. The van der Waals surface area contributed by atoms with E-state index in [4.69, 9.17) is 0 Å². The third kappa shape index (κ3) is 5.39. The van der Waals surface area contributed by atoms with Gasteiger partial charge in [0.05, 0.1) is 0 Å². The molecule has 5 nitrogen and oxygen atoms in total. The van der Waals surface area contributed by atoms with Crippen LogP contribution in [0, 0.1) is 11.6 Å². The van der Waals surface area contributed by atoms with Crippen LogP contribution in [0.5, 0.6) is 0 Å². The molecular weight excluding hydrogens is 360 g/mol. The van der Waals surface area contributed by atoms with Crippen LogP contribution in [-0.4, -0.2) is 29.1 Å². The molecule has 28 heavy (non-hydrogen) atoms. The Morgan fingerprint density at radius 1 is 1.11 bits per heavy atom. The first-order valence-corrected chi connectivity index (χ1v) is 9.08. The van der Waals surface area contributed by atoms with E-state index in [2.05, 4.69) is 37.3 Å². The first-order chi connectivity index (χ1) is 13.7. The average molecular weight is 383 g/mol. The zero-order chi connectivity index (χ0) is 19.8. The van der Waals surface area contributed by atoms with Crippen LogP contribution in [0.25, 0.3) is 0 Å². The highest BCUT2D eigenvalue weighted by molar-refractivity contribution is 5.79. The number of benzene rings is 2. The molecule has 0 saturated heterocycles. The van der Waals surface area contributed by atoms with Crippen molar-refractivity contribution in [2.75, 3.05) is 13.6 Å². The van der Waals surface area contributed by atoms with Gasteiger partial charge in [0, 0.05) is 51.1 Å². The molecule has 0 unspecified atom stereocenters. The number of imidazole rings is 1. The molecule has 3 rings (SSSR count). The van der Waals surface area contributed by atoms with Crippen molar-refractivity contribution in [2.45, 2.75) is 19.5 Å². The van der Waals surface area contributed by atoms with Gasteiger partial charge in [0.25, 0.3) is 0 Å². The minimum Gasteiger partial charge on any atom is -0.356 e. The third-order valence-electron chi connectivity index (χ3n) is 4.32. The molecule has 0 atom stereocenters. The van der Waals surface area contributed by atoms with Crippen molar-refractivity contribution >= 4 is 5.96 Å². The summed E-state index contributed by atoms with van der Waals surface area (Å²) in [5.41, 5.74) is 1.46. The first-order valence-electron chi connectivity index (χ1n) is 9.08. The Balaban J connectivity index is 1.50. The summed E-state index contributed by atoms with van der Waals surface area (Å²) >= 11 is 0. The third-order valence-corrected chi connectivity index (χ3v) is 4.32. The number of nitrogens with one attached hydrogen (secondary N) is 2. The van der Waals surface area contributed by atoms with E-state index in [1.54, 1.807) is 13.2 Å². The maximum absolute atomic E-state index is 13.7. The van der Waals surface area contributed by atoms with Crippen molar-refractivity contribution in [2.24, 2.45) is 4.99 Å². The van der Waals surface area contributed by atoms with Crippen molar-refractivity contribution in [1.29, 1.82) is 0 Å². The summed E-state index contributed by atoms with van der Waals surface area (Å²) in [6.45, 7) is 1.52. The fraction of sp³-hybridized carbons (Fsp3) is 0.238. The van der Waals surface area contributed by atoms with Gasteiger partial charge in [-0.3, -0.25) is 4.99 Å². The van der Waals surface area contributed by atoms with Gasteiger partial charge in [-0.2, -0.15) is 0 Å². The monoisotopic (exact) mass is 383 g/mol. The van der Waals surface area contributed by atoms with E-state index in [0.29, 0.717) is 18.9 Å². The van der Waals surface area contributed by atoms with Crippen molar-refractivity contribution in [1.82, 2.24) is 20.2 Å². The van der Waals surface area contributed by atoms with Gasteiger partial charge in [0.2, 0.25) is 0 Å². The molecule has 0 aliphatic carbocycles. The maximum atomic E-state index is 13.7. The van der Waals surface area contributed by atoms with E-state index in [9.17, 15) is 8.78 Å². The molecule has 0 amide bonds. The molecular formula is C21H23F2N5. The number of rotatable bonds is 7. The zero-order valence-electron chi connectivity index (χ0n) is 15.7. The fourth-order valence-electron chi connectivity index (χ4n) is 2.86. The smallest absolute Gasteiger partial charge is 0.191 e. The molecule has 0 radical (unpaired) electrons. The normalized spacial score (nSPS) is 11.5. The van der Waals surface area contributed by atoms with Crippen LogP contribution in [0.4, 0.5) is 8.78 Å². The van der Waals surface area contributed by atoms with Crippen molar-refractivity contribution < 1.29 is 8.78 Å². The number of hydrogen-bond acceptors (Lipinski definition) is 2.